The number of hydrogen-bond acceptors (Lipinski definition) is 7. The molecule has 0 unspecified atom stereocenters. The average molecular weight is 484 g/mol. The highest BCUT2D eigenvalue weighted by molar-refractivity contribution is 5.79. The van der Waals surface area contributed by atoms with Crippen molar-refractivity contribution in [3.63, 3.8) is 0 Å². The molecule has 0 atom stereocenters. The minimum atomic E-state index is -0.588. The number of ether oxygens (including phenoxy) is 5. The molecule has 188 valence electrons. The second-order valence-electron chi connectivity index (χ2n) is 8.64. The van der Waals surface area contributed by atoms with E-state index >= 15 is 0 Å². The molecule has 8 heteroatoms. The monoisotopic (exact) mass is 483 g/mol. The molecule has 0 heterocycles. The van der Waals surface area contributed by atoms with Crippen molar-refractivity contribution in [3.05, 3.63) is 53.1 Å². The van der Waals surface area contributed by atoms with Crippen molar-refractivity contribution in [2.24, 2.45) is 0 Å². The van der Waals surface area contributed by atoms with Crippen LogP contribution < -0.4 is 10.1 Å². The van der Waals surface area contributed by atoms with E-state index in [0.717, 1.165) is 11.1 Å². The number of benzene rings is 2. The van der Waals surface area contributed by atoms with Crippen molar-refractivity contribution in [3.8, 4) is 29.2 Å². The van der Waals surface area contributed by atoms with Crippen LogP contribution in [-0.4, -0.2) is 51.9 Å². The normalized spacial score (nSPS) is 10.9. The zero-order valence-corrected chi connectivity index (χ0v) is 20.9. The van der Waals surface area contributed by atoms with Crippen LogP contribution >= 0.6 is 0 Å². The van der Waals surface area contributed by atoms with E-state index in [2.05, 4.69) is 11.2 Å². The van der Waals surface area contributed by atoms with Crippen LogP contribution in [0, 0.1) is 12.3 Å². The molecule has 8 nitrogen and oxygen atoms in total. The van der Waals surface area contributed by atoms with Gasteiger partial charge in [-0.1, -0.05) is 24.1 Å². The molecule has 1 N–H and O–H groups in total. The fourth-order valence-corrected chi connectivity index (χ4v) is 3.15. The number of nitrogens with one attached hydrogen (secondary N) is 1. The summed E-state index contributed by atoms with van der Waals surface area (Å²) < 4.78 is 26.5. The minimum Gasteiger partial charge on any atom is -0.469 e. The first kappa shape index (κ1) is 27.7. The summed E-state index contributed by atoms with van der Waals surface area (Å²) in [6.07, 6.45) is 5.33. The molecule has 0 bridgehead atoms. The molecule has 1 amide bonds. The maximum atomic E-state index is 12.1. The third-order valence-corrected chi connectivity index (χ3v) is 4.67. The first-order chi connectivity index (χ1) is 16.7. The molecule has 0 saturated heterocycles. The fourth-order valence-electron chi connectivity index (χ4n) is 3.15. The molecule has 0 fully saturated rings. The minimum absolute atomic E-state index is 0.0265. The summed E-state index contributed by atoms with van der Waals surface area (Å²) in [5.41, 5.74) is 2.90. The molecular formula is C27H33NO7. The molecule has 0 radical (unpaired) electrons. The lowest BCUT2D eigenvalue weighted by Gasteiger charge is -2.20. The molecule has 2 aromatic carbocycles. The summed E-state index contributed by atoms with van der Waals surface area (Å²) in [4.78, 5) is 24.0. The lowest BCUT2D eigenvalue weighted by Crippen LogP contribution is -2.32. The number of methoxy groups -OCH3 is 2. The third-order valence-electron chi connectivity index (χ3n) is 4.67. The number of carbonyl (C=O) groups excluding carboxylic acids is 2. The first-order valence-electron chi connectivity index (χ1n) is 11.1. The van der Waals surface area contributed by atoms with E-state index in [1.54, 1.807) is 33.9 Å². The maximum absolute atomic E-state index is 12.1. The van der Waals surface area contributed by atoms with Gasteiger partial charge in [0.15, 0.2) is 6.79 Å². The second-order valence-corrected chi connectivity index (χ2v) is 8.64. The van der Waals surface area contributed by atoms with Crippen LogP contribution in [0.4, 0.5) is 4.79 Å². The molecule has 0 aliphatic heterocycles. The van der Waals surface area contributed by atoms with Crippen LogP contribution in [0.15, 0.2) is 36.4 Å². The zero-order chi connectivity index (χ0) is 25.8. The van der Waals surface area contributed by atoms with E-state index in [-0.39, 0.29) is 25.7 Å². The molecule has 35 heavy (non-hydrogen) atoms. The van der Waals surface area contributed by atoms with Crippen molar-refractivity contribution < 1.29 is 33.3 Å². The van der Waals surface area contributed by atoms with Gasteiger partial charge in [0.25, 0.3) is 0 Å². The van der Waals surface area contributed by atoms with Gasteiger partial charge in [0.2, 0.25) is 0 Å². The quantitative estimate of drug-likeness (QED) is 0.223. The standard InChI is InChI=1S/C27H33NO7/c1-7-21-14-20(16-24(29)32-6)15-23(25(21)34-18-33-12-11-31-5)22-10-8-9-19(13-22)17-28-26(30)35-27(2,3)4/h1,8-10,13-15H,11-12,16-18H2,2-6H3,(H,28,30). The van der Waals surface area contributed by atoms with Gasteiger partial charge in [-0.05, 0) is 55.7 Å². The summed E-state index contributed by atoms with van der Waals surface area (Å²) in [5, 5.41) is 2.75. The number of alkyl carbamates (subject to hydrolysis) is 1. The molecule has 0 aliphatic carbocycles. The lowest BCUT2D eigenvalue weighted by molar-refractivity contribution is -0.139. The SMILES string of the molecule is C#Cc1cc(CC(=O)OC)cc(-c2cccc(CNC(=O)OC(C)(C)C)c2)c1OCOCCOC. The molecule has 2 aromatic rings. The van der Waals surface area contributed by atoms with Crippen molar-refractivity contribution in [1.82, 2.24) is 5.32 Å². The topological polar surface area (TPSA) is 92.3 Å². The predicted octanol–water partition coefficient (Wildman–Crippen LogP) is 4.07. The predicted molar refractivity (Wildman–Crippen MR) is 132 cm³/mol. The van der Waals surface area contributed by atoms with Gasteiger partial charge in [0.1, 0.15) is 11.4 Å². The number of rotatable bonds is 11. The number of terminal acetylenes is 1. The summed E-state index contributed by atoms with van der Waals surface area (Å²) >= 11 is 0. The summed E-state index contributed by atoms with van der Waals surface area (Å²) in [6, 6.07) is 11.1. The fraction of sp³-hybridized carbons (Fsp3) is 0.407. The maximum Gasteiger partial charge on any atom is 0.407 e. The van der Waals surface area contributed by atoms with Crippen LogP contribution in [0.5, 0.6) is 5.75 Å². The Hall–Kier alpha value is -3.54. The van der Waals surface area contributed by atoms with Gasteiger partial charge in [0.05, 0.1) is 32.3 Å². The van der Waals surface area contributed by atoms with E-state index < -0.39 is 11.7 Å². The summed E-state index contributed by atoms with van der Waals surface area (Å²) in [7, 11) is 2.92. The van der Waals surface area contributed by atoms with Crippen molar-refractivity contribution in [2.45, 2.75) is 39.3 Å². The van der Waals surface area contributed by atoms with Gasteiger partial charge < -0.3 is 29.0 Å². The van der Waals surface area contributed by atoms with Crippen molar-refractivity contribution in [1.29, 1.82) is 0 Å². The highest BCUT2D eigenvalue weighted by Gasteiger charge is 2.17. The van der Waals surface area contributed by atoms with Gasteiger partial charge in [-0.15, -0.1) is 6.42 Å². The Bertz CT molecular complexity index is 1050. The van der Waals surface area contributed by atoms with Crippen molar-refractivity contribution in [2.75, 3.05) is 34.2 Å². The Labute approximate surface area is 206 Å². The lowest BCUT2D eigenvalue weighted by atomic mass is 9.96. The number of carbonyl (C=O) groups is 2. The van der Waals surface area contributed by atoms with Crippen LogP contribution in [0.3, 0.4) is 0 Å². The Morgan fingerprint density at radius 3 is 2.49 bits per heavy atom. The molecule has 0 saturated carbocycles. The van der Waals surface area contributed by atoms with Gasteiger partial charge >= 0.3 is 12.1 Å². The molecule has 0 aliphatic rings. The van der Waals surface area contributed by atoms with Crippen LogP contribution in [0.2, 0.25) is 0 Å². The number of amides is 1. The van der Waals surface area contributed by atoms with Gasteiger partial charge in [0, 0.05) is 19.2 Å². The van der Waals surface area contributed by atoms with Crippen LogP contribution in [0.1, 0.15) is 37.5 Å². The second kappa shape index (κ2) is 13.4. The van der Waals surface area contributed by atoms with Gasteiger partial charge in [-0.3, -0.25) is 4.79 Å². The van der Waals surface area contributed by atoms with E-state index in [9.17, 15) is 9.59 Å². The van der Waals surface area contributed by atoms with Crippen molar-refractivity contribution >= 4 is 12.1 Å². The Balaban J connectivity index is 2.36. The highest BCUT2D eigenvalue weighted by atomic mass is 16.7. The Morgan fingerprint density at radius 2 is 1.83 bits per heavy atom. The summed E-state index contributed by atoms with van der Waals surface area (Å²) in [6.45, 7) is 6.45. The largest absolute Gasteiger partial charge is 0.469 e. The molecule has 0 aromatic heterocycles. The molecular weight excluding hydrogens is 450 g/mol. The number of hydrogen-bond donors (Lipinski definition) is 1. The van der Waals surface area contributed by atoms with Gasteiger partial charge in [-0.2, -0.15) is 0 Å². The smallest absolute Gasteiger partial charge is 0.407 e. The average Bonchev–Trinajstić information content (AvgIpc) is 2.81. The first-order valence-corrected chi connectivity index (χ1v) is 11.1. The molecule has 2 rings (SSSR count). The van der Waals surface area contributed by atoms with E-state index in [4.69, 9.17) is 30.1 Å². The highest BCUT2D eigenvalue weighted by Crippen LogP contribution is 2.35. The Kier molecular flexibility index (Phi) is 10.6. The summed E-state index contributed by atoms with van der Waals surface area (Å²) in [5.74, 6) is 2.71. The molecule has 0 spiro atoms. The number of esters is 1. The third kappa shape index (κ3) is 9.32. The van der Waals surface area contributed by atoms with Gasteiger partial charge in [-0.25, -0.2) is 4.79 Å². The van der Waals surface area contributed by atoms with E-state index in [1.165, 1.54) is 7.11 Å². The van der Waals surface area contributed by atoms with E-state index in [0.29, 0.717) is 35.7 Å². The van der Waals surface area contributed by atoms with Crippen LogP contribution in [0.25, 0.3) is 11.1 Å². The Morgan fingerprint density at radius 1 is 1.06 bits per heavy atom. The van der Waals surface area contributed by atoms with E-state index in [1.807, 2.05) is 30.3 Å². The van der Waals surface area contributed by atoms with Crippen LogP contribution in [-0.2, 0) is 36.7 Å². The zero-order valence-electron chi connectivity index (χ0n) is 20.9.